The Morgan fingerprint density at radius 1 is 1.35 bits per heavy atom. The zero-order valence-electron chi connectivity index (χ0n) is 11.3. The maximum atomic E-state index is 11.8. The first kappa shape index (κ1) is 13.7. The molecule has 0 saturated carbocycles. The van der Waals surface area contributed by atoms with Gasteiger partial charge in [-0.2, -0.15) is 5.10 Å². The SMILES string of the molecule is CC(=O)c1cccc(NC(=O)C=Cc2cnn(C)c2)c1. The van der Waals surface area contributed by atoms with Crippen LogP contribution in [0.25, 0.3) is 6.08 Å². The van der Waals surface area contributed by atoms with Gasteiger partial charge in [0.25, 0.3) is 0 Å². The lowest BCUT2D eigenvalue weighted by Gasteiger charge is -2.03. The molecular weight excluding hydrogens is 254 g/mol. The number of aromatic nitrogens is 2. The number of aryl methyl sites for hydroxylation is 1. The molecule has 1 heterocycles. The molecule has 1 aromatic carbocycles. The van der Waals surface area contributed by atoms with Crippen LogP contribution in [0.3, 0.4) is 0 Å². The average molecular weight is 269 g/mol. The van der Waals surface area contributed by atoms with Crippen molar-refractivity contribution in [1.29, 1.82) is 0 Å². The number of hydrogen-bond acceptors (Lipinski definition) is 3. The van der Waals surface area contributed by atoms with Gasteiger partial charge < -0.3 is 5.32 Å². The molecule has 0 spiro atoms. The number of nitrogens with one attached hydrogen (secondary N) is 1. The standard InChI is InChI=1S/C15H15N3O2/c1-11(19)13-4-3-5-14(8-13)17-15(20)7-6-12-9-16-18(2)10-12/h3-10H,1-2H3,(H,17,20). The number of ketones is 1. The predicted octanol–water partition coefficient (Wildman–Crippen LogP) is 2.27. The molecule has 20 heavy (non-hydrogen) atoms. The Bertz CT molecular complexity index is 671. The molecule has 0 aliphatic carbocycles. The summed E-state index contributed by atoms with van der Waals surface area (Å²) in [7, 11) is 1.81. The monoisotopic (exact) mass is 269 g/mol. The quantitative estimate of drug-likeness (QED) is 0.684. The summed E-state index contributed by atoms with van der Waals surface area (Å²) in [4.78, 5) is 23.0. The maximum absolute atomic E-state index is 11.8. The van der Waals surface area contributed by atoms with Gasteiger partial charge in [0.05, 0.1) is 6.20 Å². The molecule has 102 valence electrons. The van der Waals surface area contributed by atoms with Gasteiger partial charge >= 0.3 is 0 Å². The molecule has 2 rings (SSSR count). The summed E-state index contributed by atoms with van der Waals surface area (Å²) in [6.45, 7) is 1.49. The minimum Gasteiger partial charge on any atom is -0.322 e. The molecule has 0 saturated heterocycles. The third-order valence-corrected chi connectivity index (χ3v) is 2.69. The molecular formula is C15H15N3O2. The first-order chi connectivity index (χ1) is 9.54. The van der Waals surface area contributed by atoms with E-state index in [-0.39, 0.29) is 11.7 Å². The van der Waals surface area contributed by atoms with E-state index in [1.54, 1.807) is 47.4 Å². The Morgan fingerprint density at radius 3 is 2.80 bits per heavy atom. The molecule has 0 aliphatic heterocycles. The molecule has 0 aliphatic rings. The van der Waals surface area contributed by atoms with Gasteiger partial charge in [-0.05, 0) is 25.1 Å². The highest BCUT2D eigenvalue weighted by atomic mass is 16.1. The highest BCUT2D eigenvalue weighted by Crippen LogP contribution is 2.11. The highest BCUT2D eigenvalue weighted by Gasteiger charge is 2.02. The average Bonchev–Trinajstić information content (AvgIpc) is 2.82. The maximum Gasteiger partial charge on any atom is 0.248 e. The van der Waals surface area contributed by atoms with Crippen molar-refractivity contribution < 1.29 is 9.59 Å². The Labute approximate surface area is 116 Å². The lowest BCUT2D eigenvalue weighted by molar-refractivity contribution is -0.111. The fourth-order valence-corrected chi connectivity index (χ4v) is 1.70. The Morgan fingerprint density at radius 2 is 2.15 bits per heavy atom. The van der Waals surface area contributed by atoms with Gasteiger partial charge in [-0.25, -0.2) is 0 Å². The van der Waals surface area contributed by atoms with Crippen LogP contribution in [-0.4, -0.2) is 21.5 Å². The number of amides is 1. The minimum absolute atomic E-state index is 0.0352. The summed E-state index contributed by atoms with van der Waals surface area (Å²) < 4.78 is 1.66. The van der Waals surface area contributed by atoms with Gasteiger partial charge in [-0.3, -0.25) is 14.3 Å². The van der Waals surface area contributed by atoms with E-state index in [9.17, 15) is 9.59 Å². The molecule has 1 amide bonds. The number of hydrogen-bond donors (Lipinski definition) is 1. The fourth-order valence-electron chi connectivity index (χ4n) is 1.70. The van der Waals surface area contributed by atoms with Crippen molar-refractivity contribution in [3.05, 3.63) is 53.9 Å². The van der Waals surface area contributed by atoms with Crippen molar-refractivity contribution >= 4 is 23.5 Å². The van der Waals surface area contributed by atoms with E-state index >= 15 is 0 Å². The summed E-state index contributed by atoms with van der Waals surface area (Å²) in [5.74, 6) is -0.290. The van der Waals surface area contributed by atoms with Gasteiger partial charge in [-0.15, -0.1) is 0 Å². The molecule has 5 nitrogen and oxygen atoms in total. The summed E-state index contributed by atoms with van der Waals surface area (Å²) in [5, 5.41) is 6.71. The van der Waals surface area contributed by atoms with E-state index in [1.165, 1.54) is 13.0 Å². The van der Waals surface area contributed by atoms with Crippen molar-refractivity contribution in [2.24, 2.45) is 7.05 Å². The zero-order chi connectivity index (χ0) is 14.5. The minimum atomic E-state index is -0.255. The van der Waals surface area contributed by atoms with Crippen molar-refractivity contribution in [1.82, 2.24) is 9.78 Å². The number of carbonyl (C=O) groups is 2. The molecule has 2 aromatic rings. The predicted molar refractivity (Wildman–Crippen MR) is 77.3 cm³/mol. The first-order valence-corrected chi connectivity index (χ1v) is 6.13. The van der Waals surface area contributed by atoms with Crippen LogP contribution in [0.4, 0.5) is 5.69 Å². The van der Waals surface area contributed by atoms with Crippen molar-refractivity contribution in [3.63, 3.8) is 0 Å². The van der Waals surface area contributed by atoms with E-state index in [4.69, 9.17) is 0 Å². The smallest absolute Gasteiger partial charge is 0.248 e. The van der Waals surface area contributed by atoms with E-state index in [0.717, 1.165) is 5.56 Å². The van der Waals surface area contributed by atoms with Gasteiger partial charge in [0.15, 0.2) is 5.78 Å². The van der Waals surface area contributed by atoms with Crippen LogP contribution in [0.1, 0.15) is 22.8 Å². The van der Waals surface area contributed by atoms with E-state index in [1.807, 2.05) is 7.05 Å². The third-order valence-electron chi connectivity index (χ3n) is 2.69. The van der Waals surface area contributed by atoms with Crippen LogP contribution >= 0.6 is 0 Å². The van der Waals surface area contributed by atoms with Crippen molar-refractivity contribution in [2.45, 2.75) is 6.92 Å². The first-order valence-electron chi connectivity index (χ1n) is 6.13. The molecule has 0 fully saturated rings. The van der Waals surface area contributed by atoms with Crippen molar-refractivity contribution in [2.75, 3.05) is 5.32 Å². The second-order valence-electron chi connectivity index (χ2n) is 4.41. The zero-order valence-corrected chi connectivity index (χ0v) is 11.3. The molecule has 0 atom stereocenters. The number of benzene rings is 1. The summed E-state index contributed by atoms with van der Waals surface area (Å²) in [6, 6.07) is 6.83. The molecule has 0 bridgehead atoms. The lowest BCUT2D eigenvalue weighted by atomic mass is 10.1. The summed E-state index contributed by atoms with van der Waals surface area (Å²) in [5.41, 5.74) is 2.01. The van der Waals surface area contributed by atoms with Gasteiger partial charge in [0.2, 0.25) is 5.91 Å². The van der Waals surface area contributed by atoms with Crippen LogP contribution in [0.5, 0.6) is 0 Å². The topological polar surface area (TPSA) is 64.0 Å². The molecule has 1 N–H and O–H groups in total. The van der Waals surface area contributed by atoms with Gasteiger partial charge in [0.1, 0.15) is 0 Å². The van der Waals surface area contributed by atoms with Gasteiger partial charge in [0, 0.05) is 36.1 Å². The lowest BCUT2D eigenvalue weighted by Crippen LogP contribution is -2.08. The Kier molecular flexibility index (Phi) is 4.10. The van der Waals surface area contributed by atoms with Crippen LogP contribution in [0.2, 0.25) is 0 Å². The van der Waals surface area contributed by atoms with Crippen LogP contribution < -0.4 is 5.32 Å². The summed E-state index contributed by atoms with van der Waals surface area (Å²) in [6.07, 6.45) is 6.58. The second-order valence-corrected chi connectivity index (χ2v) is 4.41. The Balaban J connectivity index is 2.02. The largest absolute Gasteiger partial charge is 0.322 e. The molecule has 0 unspecified atom stereocenters. The van der Waals surface area contributed by atoms with Crippen LogP contribution in [-0.2, 0) is 11.8 Å². The van der Waals surface area contributed by atoms with E-state index in [0.29, 0.717) is 11.3 Å². The number of nitrogens with zero attached hydrogens (tertiary/aromatic N) is 2. The van der Waals surface area contributed by atoms with Crippen molar-refractivity contribution in [3.8, 4) is 0 Å². The molecule has 1 aromatic heterocycles. The molecule has 5 heteroatoms. The Hall–Kier alpha value is -2.69. The highest BCUT2D eigenvalue weighted by molar-refractivity contribution is 6.03. The normalized spacial score (nSPS) is 10.7. The van der Waals surface area contributed by atoms with Gasteiger partial charge in [-0.1, -0.05) is 12.1 Å². The van der Waals surface area contributed by atoms with Crippen LogP contribution in [0, 0.1) is 0 Å². The second kappa shape index (κ2) is 5.97. The number of rotatable bonds is 4. The fraction of sp³-hybridized carbons (Fsp3) is 0.133. The molecule has 0 radical (unpaired) electrons. The van der Waals surface area contributed by atoms with Crippen LogP contribution in [0.15, 0.2) is 42.7 Å². The summed E-state index contributed by atoms with van der Waals surface area (Å²) >= 11 is 0. The number of carbonyl (C=O) groups excluding carboxylic acids is 2. The van der Waals surface area contributed by atoms with E-state index < -0.39 is 0 Å². The number of Topliss-reactive ketones (excluding diaryl/α,β-unsaturated/α-hetero) is 1. The number of anilines is 1. The van der Waals surface area contributed by atoms with E-state index in [2.05, 4.69) is 10.4 Å². The third kappa shape index (κ3) is 3.65.